The Bertz CT molecular complexity index is 1110. The van der Waals surface area contributed by atoms with E-state index in [-0.39, 0.29) is 28.3 Å². The zero-order valence-corrected chi connectivity index (χ0v) is 28.4. The number of unbranched alkanes of at least 4 members (excludes halogenated alkanes) is 11. The molecular formula is C37H55BrN2O2. The number of allylic oxidation sites excluding steroid dienone is 1. The van der Waals surface area contributed by atoms with Gasteiger partial charge in [-0.3, -0.25) is 9.79 Å². The second-order valence-electron chi connectivity index (χ2n) is 12.2. The van der Waals surface area contributed by atoms with Crippen LogP contribution in [0.3, 0.4) is 0 Å². The summed E-state index contributed by atoms with van der Waals surface area (Å²) in [7, 11) is 0. The highest BCUT2D eigenvalue weighted by atomic mass is 79.9. The van der Waals surface area contributed by atoms with E-state index in [1.54, 1.807) is 6.92 Å². The number of rotatable bonds is 19. The summed E-state index contributed by atoms with van der Waals surface area (Å²) < 4.78 is 6.00. The molecule has 0 aromatic heterocycles. The summed E-state index contributed by atoms with van der Waals surface area (Å²) in [6.07, 6.45) is 21.1. The number of hydrogen-bond donors (Lipinski definition) is 0. The number of hydrogen-bond acceptors (Lipinski definition) is 3. The standard InChI is InChI=1S/C37H54N2O2.BrH/c1-5-6-7-8-9-10-11-12-13-14-15-16-26-41-36-22-20-33(21-23-36)29-39(32(3)40)35-19-17-18-34(27-35)28-37(4)30-38-25-24-31(37)2;/h17-25,27H,5-16,26,28-30H2,1-4H3;1H. The number of benzene rings is 2. The molecule has 1 heterocycles. The molecule has 4 nitrogen and oxygen atoms in total. The van der Waals surface area contributed by atoms with Gasteiger partial charge in [-0.1, -0.05) is 114 Å². The van der Waals surface area contributed by atoms with Crippen molar-refractivity contribution in [1.29, 1.82) is 0 Å². The van der Waals surface area contributed by atoms with Crippen molar-refractivity contribution in [3.05, 3.63) is 71.3 Å². The zero-order valence-electron chi connectivity index (χ0n) is 26.7. The van der Waals surface area contributed by atoms with Gasteiger partial charge in [-0.25, -0.2) is 0 Å². The number of anilines is 1. The molecule has 0 N–H and O–H groups in total. The van der Waals surface area contributed by atoms with E-state index in [4.69, 9.17) is 4.74 Å². The van der Waals surface area contributed by atoms with E-state index < -0.39 is 0 Å². The molecule has 1 aliphatic heterocycles. The van der Waals surface area contributed by atoms with Gasteiger partial charge in [-0.05, 0) is 61.2 Å². The number of ether oxygens (including phenoxy) is 1. The molecule has 0 bridgehead atoms. The summed E-state index contributed by atoms with van der Waals surface area (Å²) in [5.74, 6) is 0.944. The van der Waals surface area contributed by atoms with E-state index >= 15 is 0 Å². The number of dihydropyridines is 1. The molecule has 2 aromatic rings. The molecule has 1 aliphatic rings. The second kappa shape index (κ2) is 19.7. The van der Waals surface area contributed by atoms with Crippen LogP contribution in [0.15, 0.2) is 65.2 Å². The van der Waals surface area contributed by atoms with Gasteiger partial charge >= 0.3 is 0 Å². The molecule has 2 aromatic carbocycles. The lowest BCUT2D eigenvalue weighted by Gasteiger charge is -2.31. The number of aliphatic imine (C=N–C) groups is 1. The maximum atomic E-state index is 12.7. The van der Waals surface area contributed by atoms with Gasteiger partial charge in [0, 0.05) is 30.8 Å². The largest absolute Gasteiger partial charge is 0.494 e. The van der Waals surface area contributed by atoms with Crippen molar-refractivity contribution in [3.8, 4) is 5.75 Å². The highest BCUT2D eigenvalue weighted by Crippen LogP contribution is 2.34. The first-order valence-corrected chi connectivity index (χ1v) is 16.2. The van der Waals surface area contributed by atoms with E-state index in [0.717, 1.165) is 43.0 Å². The second-order valence-corrected chi connectivity index (χ2v) is 12.2. The van der Waals surface area contributed by atoms with Gasteiger partial charge in [0.2, 0.25) is 5.91 Å². The van der Waals surface area contributed by atoms with Crippen molar-refractivity contribution < 1.29 is 9.53 Å². The van der Waals surface area contributed by atoms with Crippen molar-refractivity contribution in [2.24, 2.45) is 10.4 Å². The third kappa shape index (κ3) is 12.5. The first kappa shape index (κ1) is 35.8. The zero-order chi connectivity index (χ0) is 29.3. The lowest BCUT2D eigenvalue weighted by atomic mass is 9.76. The van der Waals surface area contributed by atoms with E-state index in [2.05, 4.69) is 62.2 Å². The third-order valence-corrected chi connectivity index (χ3v) is 8.55. The summed E-state index contributed by atoms with van der Waals surface area (Å²) in [6, 6.07) is 16.6. The molecule has 42 heavy (non-hydrogen) atoms. The van der Waals surface area contributed by atoms with Crippen LogP contribution in [0.2, 0.25) is 0 Å². The van der Waals surface area contributed by atoms with Crippen molar-refractivity contribution >= 4 is 34.8 Å². The normalized spacial score (nSPS) is 16.0. The fraction of sp³-hybridized carbons (Fsp3) is 0.568. The van der Waals surface area contributed by atoms with Gasteiger partial charge in [-0.2, -0.15) is 0 Å². The van der Waals surface area contributed by atoms with Crippen LogP contribution >= 0.6 is 17.0 Å². The average molecular weight is 640 g/mol. The van der Waals surface area contributed by atoms with Gasteiger partial charge < -0.3 is 9.64 Å². The third-order valence-electron chi connectivity index (χ3n) is 8.55. The van der Waals surface area contributed by atoms with Crippen LogP contribution in [0, 0.1) is 5.41 Å². The van der Waals surface area contributed by atoms with E-state index in [9.17, 15) is 4.79 Å². The van der Waals surface area contributed by atoms with Crippen LogP contribution in [0.4, 0.5) is 5.69 Å². The molecule has 0 radical (unpaired) electrons. The lowest BCUT2D eigenvalue weighted by molar-refractivity contribution is -0.116. The topological polar surface area (TPSA) is 41.9 Å². The minimum Gasteiger partial charge on any atom is -0.494 e. The fourth-order valence-electron chi connectivity index (χ4n) is 5.62. The molecule has 5 heteroatoms. The Kier molecular flexibility index (Phi) is 16.8. The Balaban J connectivity index is 0.00000616. The molecule has 1 amide bonds. The van der Waals surface area contributed by atoms with Gasteiger partial charge in [-0.15, -0.1) is 17.0 Å². The Labute approximate surface area is 266 Å². The van der Waals surface area contributed by atoms with Crippen LogP contribution in [0.5, 0.6) is 5.75 Å². The molecule has 232 valence electrons. The van der Waals surface area contributed by atoms with Crippen LogP contribution in [-0.2, 0) is 17.8 Å². The summed E-state index contributed by atoms with van der Waals surface area (Å²) in [5.41, 5.74) is 4.62. The van der Waals surface area contributed by atoms with E-state index in [0.29, 0.717) is 6.54 Å². The first-order chi connectivity index (χ1) is 19.9. The van der Waals surface area contributed by atoms with Crippen LogP contribution in [0.25, 0.3) is 0 Å². The lowest BCUT2D eigenvalue weighted by Crippen LogP contribution is -2.29. The Morgan fingerprint density at radius 3 is 2.10 bits per heavy atom. The van der Waals surface area contributed by atoms with E-state index in [1.165, 1.54) is 81.8 Å². The van der Waals surface area contributed by atoms with Gasteiger partial charge in [0.05, 0.1) is 13.2 Å². The SMILES string of the molecule is Br.CCCCCCCCCCCCCCOc1ccc(CN(C(C)=O)c2cccc(CC3(C)CN=CC=C3C)c2)cc1. The minimum atomic E-state index is 0. The van der Waals surface area contributed by atoms with Gasteiger partial charge in [0.1, 0.15) is 5.75 Å². The average Bonchev–Trinajstić information content (AvgIpc) is 2.96. The molecule has 0 saturated carbocycles. The summed E-state index contributed by atoms with van der Waals surface area (Å²) in [5, 5.41) is 0. The highest BCUT2D eigenvalue weighted by Gasteiger charge is 2.28. The predicted molar refractivity (Wildman–Crippen MR) is 186 cm³/mol. The summed E-state index contributed by atoms with van der Waals surface area (Å²) in [4.78, 5) is 19.0. The molecule has 1 atom stereocenters. The van der Waals surface area contributed by atoms with Crippen molar-refractivity contribution in [1.82, 2.24) is 0 Å². The fourth-order valence-corrected chi connectivity index (χ4v) is 5.62. The first-order valence-electron chi connectivity index (χ1n) is 16.2. The molecule has 0 fully saturated rings. The summed E-state index contributed by atoms with van der Waals surface area (Å²) >= 11 is 0. The number of carbonyl (C=O) groups is 1. The number of carbonyl (C=O) groups excluding carboxylic acids is 1. The van der Waals surface area contributed by atoms with Crippen LogP contribution < -0.4 is 9.64 Å². The Morgan fingerprint density at radius 2 is 1.50 bits per heavy atom. The minimum absolute atomic E-state index is 0. The van der Waals surface area contributed by atoms with Crippen molar-refractivity contribution in [2.75, 3.05) is 18.1 Å². The number of nitrogens with zero attached hydrogens (tertiary/aromatic N) is 2. The molecule has 0 saturated heterocycles. The predicted octanol–water partition coefficient (Wildman–Crippen LogP) is 10.5. The Morgan fingerprint density at radius 1 is 0.881 bits per heavy atom. The quantitative estimate of drug-likeness (QED) is 0.144. The van der Waals surface area contributed by atoms with E-state index in [1.807, 2.05) is 29.3 Å². The molecule has 1 unspecified atom stereocenters. The maximum Gasteiger partial charge on any atom is 0.224 e. The summed E-state index contributed by atoms with van der Waals surface area (Å²) in [6.45, 7) is 10.5. The highest BCUT2D eigenvalue weighted by molar-refractivity contribution is 8.93. The number of halogens is 1. The molecule has 0 spiro atoms. The molecule has 3 rings (SSSR count). The monoisotopic (exact) mass is 638 g/mol. The van der Waals surface area contributed by atoms with Gasteiger partial charge in [0.25, 0.3) is 0 Å². The number of amides is 1. The van der Waals surface area contributed by atoms with Crippen molar-refractivity contribution in [2.45, 2.75) is 118 Å². The van der Waals surface area contributed by atoms with Gasteiger partial charge in [0.15, 0.2) is 0 Å². The molecular weight excluding hydrogens is 584 g/mol. The van der Waals surface area contributed by atoms with Crippen molar-refractivity contribution in [3.63, 3.8) is 0 Å². The Hall–Kier alpha value is -2.40. The van der Waals surface area contributed by atoms with Crippen LogP contribution in [0.1, 0.15) is 116 Å². The van der Waals surface area contributed by atoms with Crippen LogP contribution in [-0.4, -0.2) is 25.3 Å². The molecule has 0 aliphatic carbocycles. The smallest absolute Gasteiger partial charge is 0.224 e. The maximum absolute atomic E-state index is 12.7.